The maximum Gasteiger partial charge on any atom is 0.341 e. The molecule has 0 aliphatic heterocycles. The average Bonchev–Trinajstić information content (AvgIpc) is 2.98. The molecule has 2 fully saturated rings. The number of allylic oxidation sites excluding steroid dienone is 1. The van der Waals surface area contributed by atoms with Crippen molar-refractivity contribution in [1.82, 2.24) is 0 Å². The normalized spacial score (nSPS) is 22.7. The van der Waals surface area contributed by atoms with Gasteiger partial charge in [-0.05, 0) is 106 Å². The average molecular weight is 573 g/mol. The molecule has 41 heavy (non-hydrogen) atoms. The lowest BCUT2D eigenvalue weighted by molar-refractivity contribution is 0.0188. The van der Waals surface area contributed by atoms with E-state index in [4.69, 9.17) is 14.2 Å². The highest BCUT2D eigenvalue weighted by Gasteiger charge is 2.31. The first-order valence-electron chi connectivity index (χ1n) is 15.2. The summed E-state index contributed by atoms with van der Waals surface area (Å²) in [5.41, 5.74) is 0.569. The van der Waals surface area contributed by atoms with Gasteiger partial charge in [0, 0.05) is 12.7 Å². The van der Waals surface area contributed by atoms with Gasteiger partial charge in [-0.2, -0.15) is 0 Å². The lowest BCUT2D eigenvalue weighted by Gasteiger charge is -2.30. The van der Waals surface area contributed by atoms with Crippen molar-refractivity contribution in [3.63, 3.8) is 0 Å². The Morgan fingerprint density at radius 3 is 2.17 bits per heavy atom. The summed E-state index contributed by atoms with van der Waals surface area (Å²) < 4.78 is 62.0. The zero-order valence-corrected chi connectivity index (χ0v) is 24.1. The van der Waals surface area contributed by atoms with Gasteiger partial charge in [0.05, 0.1) is 18.3 Å². The van der Waals surface area contributed by atoms with E-state index in [-0.39, 0.29) is 29.3 Å². The van der Waals surface area contributed by atoms with Crippen molar-refractivity contribution < 1.29 is 32.2 Å². The van der Waals surface area contributed by atoms with Gasteiger partial charge in [-0.1, -0.05) is 31.6 Å². The summed E-state index contributed by atoms with van der Waals surface area (Å²) in [6.07, 6.45) is 10.8. The number of halogens is 3. The molecule has 0 aromatic heterocycles. The van der Waals surface area contributed by atoms with E-state index in [9.17, 15) is 9.18 Å². The van der Waals surface area contributed by atoms with Crippen molar-refractivity contribution in [3.8, 4) is 5.75 Å². The lowest BCUT2D eigenvalue weighted by Crippen LogP contribution is -2.25. The van der Waals surface area contributed by atoms with E-state index in [0.29, 0.717) is 49.2 Å². The van der Waals surface area contributed by atoms with Gasteiger partial charge in [-0.15, -0.1) is 6.58 Å². The first-order valence-corrected chi connectivity index (χ1v) is 15.2. The highest BCUT2D eigenvalue weighted by molar-refractivity contribution is 5.90. The highest BCUT2D eigenvalue weighted by atomic mass is 19.2. The summed E-state index contributed by atoms with van der Waals surface area (Å²) in [4.78, 5) is 12.8. The van der Waals surface area contributed by atoms with Crippen LogP contribution in [0.25, 0.3) is 0 Å². The van der Waals surface area contributed by atoms with Crippen LogP contribution in [0.5, 0.6) is 5.75 Å². The fourth-order valence-corrected chi connectivity index (χ4v) is 6.03. The Balaban J connectivity index is 1.27. The minimum Gasteiger partial charge on any atom is -0.493 e. The first-order chi connectivity index (χ1) is 19.9. The second kappa shape index (κ2) is 15.4. The summed E-state index contributed by atoms with van der Waals surface area (Å²) in [6, 6.07) is 7.85. The third kappa shape index (κ3) is 8.37. The van der Waals surface area contributed by atoms with Crippen LogP contribution in [0.3, 0.4) is 0 Å². The molecule has 0 unspecified atom stereocenters. The van der Waals surface area contributed by atoms with Crippen molar-refractivity contribution in [1.29, 1.82) is 0 Å². The van der Waals surface area contributed by atoms with Crippen molar-refractivity contribution in [3.05, 3.63) is 77.1 Å². The maximum absolute atomic E-state index is 15.1. The molecular weight excluding hydrogens is 529 g/mol. The van der Waals surface area contributed by atoms with Gasteiger partial charge >= 0.3 is 5.97 Å². The van der Waals surface area contributed by atoms with E-state index in [1.165, 1.54) is 18.2 Å². The lowest BCUT2D eigenvalue weighted by atomic mass is 9.82. The van der Waals surface area contributed by atoms with E-state index < -0.39 is 23.7 Å². The number of benzene rings is 2. The number of rotatable bonds is 13. The van der Waals surface area contributed by atoms with E-state index >= 15 is 8.78 Å². The molecule has 2 aliphatic rings. The molecule has 0 amide bonds. The van der Waals surface area contributed by atoms with Crippen molar-refractivity contribution >= 4 is 5.97 Å². The Labute approximate surface area is 242 Å². The number of unbranched alkanes of at least 4 members (excludes halogenated alkanes) is 2. The molecule has 2 aromatic rings. The van der Waals surface area contributed by atoms with Crippen LogP contribution < -0.4 is 4.74 Å². The number of carbonyl (C=O) groups excluding carboxylic acids is 1. The standard InChI is InChI=1S/C34H43F3O4/c1-3-5-7-21-40-27-16-17-28(31(35)22-27)23-10-14-26(15-11-23)41-34(38)30-19-18-29(32(36)33(30)37)24-8-12-25(13-9-24)39-20-6-4-2/h3,16-19,22-26H,1,4-15,20-21H2,2H3. The molecular formula is C34H43F3O4. The van der Waals surface area contributed by atoms with Gasteiger partial charge in [0.2, 0.25) is 0 Å². The van der Waals surface area contributed by atoms with E-state index in [2.05, 4.69) is 13.5 Å². The van der Waals surface area contributed by atoms with Gasteiger partial charge in [0.1, 0.15) is 17.7 Å². The molecule has 2 aromatic carbocycles. The zero-order valence-electron chi connectivity index (χ0n) is 24.1. The Hall–Kier alpha value is -2.80. The van der Waals surface area contributed by atoms with Crippen LogP contribution in [0.15, 0.2) is 43.0 Å². The van der Waals surface area contributed by atoms with Crippen LogP contribution in [-0.2, 0) is 9.47 Å². The van der Waals surface area contributed by atoms with E-state index in [0.717, 1.165) is 58.0 Å². The van der Waals surface area contributed by atoms with Crippen molar-refractivity contribution in [2.24, 2.45) is 0 Å². The maximum atomic E-state index is 15.1. The van der Waals surface area contributed by atoms with Crippen LogP contribution in [-0.4, -0.2) is 31.4 Å². The number of ether oxygens (including phenoxy) is 3. The number of esters is 1. The molecule has 0 heterocycles. The highest BCUT2D eigenvalue weighted by Crippen LogP contribution is 2.38. The molecule has 4 nitrogen and oxygen atoms in total. The fraction of sp³-hybridized carbons (Fsp3) is 0.559. The molecule has 0 spiro atoms. The Kier molecular flexibility index (Phi) is 11.7. The molecule has 2 saturated carbocycles. The van der Waals surface area contributed by atoms with E-state index in [1.54, 1.807) is 12.1 Å². The number of hydrogen-bond acceptors (Lipinski definition) is 4. The molecule has 2 aliphatic carbocycles. The van der Waals surface area contributed by atoms with Crippen LogP contribution in [0.4, 0.5) is 13.2 Å². The third-order valence-corrected chi connectivity index (χ3v) is 8.48. The first kappa shape index (κ1) is 31.1. The SMILES string of the molecule is C=CCCCOc1ccc(C2CCC(OC(=O)c3ccc(C4CCC(OCCCC)CC4)c(F)c3F)CC2)c(F)c1. The molecule has 0 atom stereocenters. The Morgan fingerprint density at radius 2 is 1.51 bits per heavy atom. The Morgan fingerprint density at radius 1 is 0.854 bits per heavy atom. The number of hydrogen-bond donors (Lipinski definition) is 0. The molecule has 0 bridgehead atoms. The quantitative estimate of drug-likeness (QED) is 0.136. The summed E-state index contributed by atoms with van der Waals surface area (Å²) in [6.45, 7) is 7.04. The largest absolute Gasteiger partial charge is 0.493 e. The smallest absolute Gasteiger partial charge is 0.341 e. The van der Waals surface area contributed by atoms with Crippen LogP contribution in [0.1, 0.15) is 117 Å². The summed E-state index contributed by atoms with van der Waals surface area (Å²) in [7, 11) is 0. The van der Waals surface area contributed by atoms with Gasteiger partial charge in [-0.3, -0.25) is 0 Å². The summed E-state index contributed by atoms with van der Waals surface area (Å²) in [5.74, 6) is -2.84. The minimum atomic E-state index is -1.14. The second-order valence-electron chi connectivity index (χ2n) is 11.4. The van der Waals surface area contributed by atoms with Crippen molar-refractivity contribution in [2.75, 3.05) is 13.2 Å². The van der Waals surface area contributed by atoms with Crippen LogP contribution in [0.2, 0.25) is 0 Å². The Bertz CT molecular complexity index is 1150. The summed E-state index contributed by atoms with van der Waals surface area (Å²) >= 11 is 0. The minimum absolute atomic E-state index is 0.000340. The molecule has 7 heteroatoms. The fourth-order valence-electron chi connectivity index (χ4n) is 6.03. The molecule has 4 rings (SSSR count). The molecule has 224 valence electrons. The predicted molar refractivity (Wildman–Crippen MR) is 154 cm³/mol. The van der Waals surface area contributed by atoms with Crippen molar-refractivity contribution in [2.45, 2.75) is 108 Å². The molecule has 0 saturated heterocycles. The van der Waals surface area contributed by atoms with Crippen LogP contribution >= 0.6 is 0 Å². The van der Waals surface area contributed by atoms with Gasteiger partial charge in [-0.25, -0.2) is 18.0 Å². The second-order valence-corrected chi connectivity index (χ2v) is 11.4. The van der Waals surface area contributed by atoms with E-state index in [1.807, 2.05) is 6.08 Å². The monoisotopic (exact) mass is 572 g/mol. The zero-order chi connectivity index (χ0) is 29.2. The number of carbonyl (C=O) groups is 1. The van der Waals surface area contributed by atoms with Gasteiger partial charge in [0.25, 0.3) is 0 Å². The predicted octanol–water partition coefficient (Wildman–Crippen LogP) is 9.17. The van der Waals surface area contributed by atoms with Gasteiger partial charge in [0.15, 0.2) is 11.6 Å². The third-order valence-electron chi connectivity index (χ3n) is 8.48. The molecule has 0 radical (unpaired) electrons. The summed E-state index contributed by atoms with van der Waals surface area (Å²) in [5, 5.41) is 0. The van der Waals surface area contributed by atoms with Gasteiger partial charge < -0.3 is 14.2 Å². The van der Waals surface area contributed by atoms with Crippen LogP contribution in [0, 0.1) is 17.5 Å². The topological polar surface area (TPSA) is 44.8 Å². The molecule has 0 N–H and O–H groups in total.